The Morgan fingerprint density at radius 3 is 2.45 bits per heavy atom. The van der Waals surface area contributed by atoms with Crippen molar-refractivity contribution in [3.8, 4) is 0 Å². The highest BCUT2D eigenvalue weighted by molar-refractivity contribution is 5.94. The first-order valence-corrected chi connectivity index (χ1v) is 7.15. The highest BCUT2D eigenvalue weighted by Crippen LogP contribution is 2.33. The van der Waals surface area contributed by atoms with E-state index in [1.54, 1.807) is 0 Å². The summed E-state index contributed by atoms with van der Waals surface area (Å²) in [6.45, 7) is 0.301. The smallest absolute Gasteiger partial charge is 0.307 e. The molecule has 2 rings (SSSR count). The summed E-state index contributed by atoms with van der Waals surface area (Å²) >= 11 is 0. The van der Waals surface area contributed by atoms with Crippen molar-refractivity contribution in [3.63, 3.8) is 0 Å². The van der Waals surface area contributed by atoms with Crippen molar-refractivity contribution in [2.24, 2.45) is 0 Å². The molecule has 0 atom stereocenters. The molecule has 0 aromatic heterocycles. The van der Waals surface area contributed by atoms with Crippen LogP contribution in [-0.4, -0.2) is 25.5 Å². The highest BCUT2D eigenvalue weighted by Gasteiger charge is 2.17. The van der Waals surface area contributed by atoms with Gasteiger partial charge >= 0.3 is 5.97 Å². The number of ether oxygens (including phenoxy) is 1. The van der Waals surface area contributed by atoms with Crippen molar-refractivity contribution in [3.05, 3.63) is 35.4 Å². The lowest BCUT2D eigenvalue weighted by atomic mass is 9.96. The molecule has 20 heavy (non-hydrogen) atoms. The Hall–Kier alpha value is -1.84. The summed E-state index contributed by atoms with van der Waals surface area (Å²) in [4.78, 5) is 22.8. The van der Waals surface area contributed by atoms with Gasteiger partial charge in [-0.3, -0.25) is 9.59 Å². The molecule has 1 aliphatic rings. The fourth-order valence-corrected chi connectivity index (χ4v) is 2.65. The van der Waals surface area contributed by atoms with Gasteiger partial charge in [0.2, 0.25) is 0 Å². The quantitative estimate of drug-likeness (QED) is 0.840. The average molecular weight is 275 g/mol. The van der Waals surface area contributed by atoms with Gasteiger partial charge in [0.25, 0.3) is 5.91 Å². The lowest BCUT2D eigenvalue weighted by Gasteiger charge is -2.10. The highest BCUT2D eigenvalue weighted by atomic mass is 16.5. The third-order valence-corrected chi connectivity index (χ3v) is 3.84. The molecule has 0 aliphatic heterocycles. The maximum atomic E-state index is 11.9. The Morgan fingerprint density at radius 1 is 1.20 bits per heavy atom. The number of rotatable bonds is 5. The number of carbonyl (C=O) groups excluding carboxylic acids is 2. The molecule has 1 aliphatic carbocycles. The molecule has 1 saturated carbocycles. The van der Waals surface area contributed by atoms with Crippen LogP contribution in [-0.2, 0) is 9.53 Å². The third-order valence-electron chi connectivity index (χ3n) is 3.84. The van der Waals surface area contributed by atoms with Crippen molar-refractivity contribution in [2.45, 2.75) is 38.0 Å². The maximum Gasteiger partial charge on any atom is 0.307 e. The van der Waals surface area contributed by atoms with Gasteiger partial charge in [-0.1, -0.05) is 25.0 Å². The molecule has 0 unspecified atom stereocenters. The number of hydrogen-bond acceptors (Lipinski definition) is 3. The van der Waals surface area contributed by atoms with Crippen molar-refractivity contribution in [2.75, 3.05) is 13.7 Å². The zero-order chi connectivity index (χ0) is 14.4. The van der Waals surface area contributed by atoms with E-state index in [0.717, 1.165) is 0 Å². The molecule has 1 aromatic rings. The van der Waals surface area contributed by atoms with Crippen molar-refractivity contribution >= 4 is 11.9 Å². The van der Waals surface area contributed by atoms with Gasteiger partial charge in [0.15, 0.2) is 0 Å². The summed E-state index contributed by atoms with van der Waals surface area (Å²) in [5.41, 5.74) is 1.96. The number of carbonyl (C=O) groups is 2. The SMILES string of the molecule is COC(=O)CCNC(=O)c1ccc(C2CCCC2)cc1. The lowest BCUT2D eigenvalue weighted by molar-refractivity contribution is -0.140. The summed E-state index contributed by atoms with van der Waals surface area (Å²) in [7, 11) is 1.34. The predicted molar refractivity (Wildman–Crippen MR) is 76.6 cm³/mol. The molecule has 0 heterocycles. The molecule has 1 amide bonds. The van der Waals surface area contributed by atoms with Gasteiger partial charge < -0.3 is 10.1 Å². The predicted octanol–water partition coefficient (Wildman–Crippen LogP) is 2.64. The zero-order valence-corrected chi connectivity index (χ0v) is 11.9. The van der Waals surface area contributed by atoms with E-state index < -0.39 is 0 Å². The molecule has 4 nitrogen and oxygen atoms in total. The fraction of sp³-hybridized carbons (Fsp3) is 0.500. The second-order valence-electron chi connectivity index (χ2n) is 5.19. The molecule has 1 fully saturated rings. The van der Waals surface area contributed by atoms with Crippen LogP contribution in [0.3, 0.4) is 0 Å². The summed E-state index contributed by atoms with van der Waals surface area (Å²) in [6.07, 6.45) is 5.32. The summed E-state index contributed by atoms with van der Waals surface area (Å²) in [5, 5.41) is 2.71. The van der Waals surface area contributed by atoms with E-state index in [1.165, 1.54) is 38.4 Å². The number of esters is 1. The Bertz CT molecular complexity index is 461. The number of benzene rings is 1. The molecule has 4 heteroatoms. The van der Waals surface area contributed by atoms with Crippen LogP contribution in [0.4, 0.5) is 0 Å². The molecule has 0 radical (unpaired) electrons. The molecular formula is C16H21NO3. The Kier molecular flexibility index (Phi) is 5.16. The molecule has 0 saturated heterocycles. The topological polar surface area (TPSA) is 55.4 Å². The van der Waals surface area contributed by atoms with E-state index in [-0.39, 0.29) is 18.3 Å². The van der Waals surface area contributed by atoms with Crippen LogP contribution < -0.4 is 5.32 Å². The Labute approximate surface area is 119 Å². The van der Waals surface area contributed by atoms with Gasteiger partial charge in [0.1, 0.15) is 0 Å². The first-order valence-electron chi connectivity index (χ1n) is 7.15. The average Bonchev–Trinajstić information content (AvgIpc) is 3.01. The molecule has 0 spiro atoms. The molecule has 1 N–H and O–H groups in total. The van der Waals surface area contributed by atoms with Crippen LogP contribution in [0, 0.1) is 0 Å². The second-order valence-corrected chi connectivity index (χ2v) is 5.19. The minimum atomic E-state index is -0.318. The number of hydrogen-bond donors (Lipinski definition) is 1. The van der Waals surface area contributed by atoms with Crippen LogP contribution in [0.2, 0.25) is 0 Å². The van der Waals surface area contributed by atoms with Crippen molar-refractivity contribution < 1.29 is 14.3 Å². The van der Waals surface area contributed by atoms with Gasteiger partial charge in [-0.25, -0.2) is 0 Å². The number of amides is 1. The van der Waals surface area contributed by atoms with E-state index in [9.17, 15) is 9.59 Å². The van der Waals surface area contributed by atoms with Gasteiger partial charge in [0, 0.05) is 12.1 Å². The van der Waals surface area contributed by atoms with Gasteiger partial charge in [-0.15, -0.1) is 0 Å². The van der Waals surface area contributed by atoms with Crippen LogP contribution >= 0.6 is 0 Å². The van der Waals surface area contributed by atoms with Gasteiger partial charge in [-0.05, 0) is 36.5 Å². The van der Waals surface area contributed by atoms with Crippen molar-refractivity contribution in [1.82, 2.24) is 5.32 Å². The Balaban J connectivity index is 1.85. The second kappa shape index (κ2) is 7.08. The van der Waals surface area contributed by atoms with E-state index in [0.29, 0.717) is 18.0 Å². The lowest BCUT2D eigenvalue weighted by Crippen LogP contribution is -2.26. The maximum absolute atomic E-state index is 11.9. The van der Waals surface area contributed by atoms with Crippen LogP contribution in [0.25, 0.3) is 0 Å². The van der Waals surface area contributed by atoms with E-state index in [1.807, 2.05) is 24.3 Å². The van der Waals surface area contributed by atoms with Crippen LogP contribution in [0.5, 0.6) is 0 Å². The van der Waals surface area contributed by atoms with Gasteiger partial charge in [-0.2, -0.15) is 0 Å². The van der Waals surface area contributed by atoms with E-state index in [4.69, 9.17) is 0 Å². The molecular weight excluding hydrogens is 254 g/mol. The standard InChI is InChI=1S/C16H21NO3/c1-20-15(18)10-11-17-16(19)14-8-6-13(7-9-14)12-4-2-3-5-12/h6-9,12H,2-5,10-11H2,1H3,(H,17,19). The molecule has 1 aromatic carbocycles. The van der Waals surface area contributed by atoms with E-state index >= 15 is 0 Å². The largest absolute Gasteiger partial charge is 0.469 e. The summed E-state index contributed by atoms with van der Waals surface area (Å²) < 4.78 is 4.52. The first kappa shape index (κ1) is 14.6. The zero-order valence-electron chi connectivity index (χ0n) is 11.9. The molecule has 108 valence electrons. The first-order chi connectivity index (χ1) is 9.70. The summed E-state index contributed by atoms with van der Waals surface area (Å²) in [5.74, 6) is 0.195. The number of methoxy groups -OCH3 is 1. The molecule has 0 bridgehead atoms. The Morgan fingerprint density at radius 2 is 1.85 bits per heavy atom. The third kappa shape index (κ3) is 3.83. The minimum Gasteiger partial charge on any atom is -0.469 e. The van der Waals surface area contributed by atoms with Gasteiger partial charge in [0.05, 0.1) is 13.5 Å². The number of nitrogens with one attached hydrogen (secondary N) is 1. The minimum absolute atomic E-state index is 0.146. The summed E-state index contributed by atoms with van der Waals surface area (Å²) in [6, 6.07) is 7.82. The van der Waals surface area contributed by atoms with Crippen molar-refractivity contribution in [1.29, 1.82) is 0 Å². The van der Waals surface area contributed by atoms with Crippen LogP contribution in [0.15, 0.2) is 24.3 Å². The van der Waals surface area contributed by atoms with E-state index in [2.05, 4.69) is 10.1 Å². The normalized spacial score (nSPS) is 15.1. The fourth-order valence-electron chi connectivity index (χ4n) is 2.65. The van der Waals surface area contributed by atoms with Crippen LogP contribution in [0.1, 0.15) is 53.9 Å². The monoisotopic (exact) mass is 275 g/mol.